The van der Waals surface area contributed by atoms with Gasteiger partial charge in [0.15, 0.2) is 0 Å². The Bertz CT molecular complexity index is 145. The lowest BCUT2D eigenvalue weighted by Crippen LogP contribution is -2.39. The SMILES string of the molecule is CCCCCCCNC1CCN(I)CC1. The second kappa shape index (κ2) is 8.76. The highest BCUT2D eigenvalue weighted by molar-refractivity contribution is 14.1. The van der Waals surface area contributed by atoms with Crippen molar-refractivity contribution in [1.82, 2.24) is 8.43 Å². The molecule has 1 aliphatic heterocycles. The third-order valence-electron chi connectivity index (χ3n) is 3.15. The van der Waals surface area contributed by atoms with Crippen LogP contribution in [0.15, 0.2) is 0 Å². The topological polar surface area (TPSA) is 15.3 Å². The van der Waals surface area contributed by atoms with Crippen molar-refractivity contribution >= 4 is 22.9 Å². The van der Waals surface area contributed by atoms with Crippen molar-refractivity contribution in [3.63, 3.8) is 0 Å². The summed E-state index contributed by atoms with van der Waals surface area (Å²) >= 11 is 2.43. The summed E-state index contributed by atoms with van der Waals surface area (Å²) in [5.41, 5.74) is 0. The molecular weight excluding hydrogens is 299 g/mol. The first-order valence-electron chi connectivity index (χ1n) is 6.47. The van der Waals surface area contributed by atoms with Crippen molar-refractivity contribution in [2.24, 2.45) is 0 Å². The molecule has 0 aromatic heterocycles. The molecule has 2 nitrogen and oxygen atoms in total. The van der Waals surface area contributed by atoms with Crippen LogP contribution in [0.4, 0.5) is 0 Å². The van der Waals surface area contributed by atoms with Crippen LogP contribution in [0, 0.1) is 0 Å². The summed E-state index contributed by atoms with van der Waals surface area (Å²) in [6.45, 7) is 6.02. The zero-order chi connectivity index (χ0) is 10.9. The van der Waals surface area contributed by atoms with Crippen LogP contribution in [0.25, 0.3) is 0 Å². The first kappa shape index (κ1) is 13.7. The Morgan fingerprint density at radius 1 is 1.13 bits per heavy atom. The Balaban J connectivity index is 1.87. The van der Waals surface area contributed by atoms with Gasteiger partial charge in [0.1, 0.15) is 0 Å². The maximum absolute atomic E-state index is 3.69. The average molecular weight is 324 g/mol. The molecule has 0 spiro atoms. The Morgan fingerprint density at radius 2 is 1.80 bits per heavy atom. The summed E-state index contributed by atoms with van der Waals surface area (Å²) < 4.78 is 2.40. The standard InChI is InChI=1S/C12H25IN2/c1-2-3-4-5-6-9-14-12-7-10-15(13)11-8-12/h12,14H,2-11H2,1H3. The maximum Gasteiger partial charge on any atom is 0.0201 e. The molecule has 0 bridgehead atoms. The molecule has 0 radical (unpaired) electrons. The molecule has 0 amide bonds. The third-order valence-corrected chi connectivity index (χ3v) is 4.12. The van der Waals surface area contributed by atoms with Gasteiger partial charge in [0.2, 0.25) is 0 Å². The lowest BCUT2D eigenvalue weighted by molar-refractivity contribution is 0.323. The van der Waals surface area contributed by atoms with Gasteiger partial charge in [0.05, 0.1) is 0 Å². The van der Waals surface area contributed by atoms with E-state index in [1.165, 1.54) is 64.6 Å². The van der Waals surface area contributed by atoms with Gasteiger partial charge in [-0.25, -0.2) is 3.11 Å². The van der Waals surface area contributed by atoms with Crippen LogP contribution in [0.5, 0.6) is 0 Å². The van der Waals surface area contributed by atoms with Crippen molar-refractivity contribution in [2.75, 3.05) is 19.6 Å². The van der Waals surface area contributed by atoms with Gasteiger partial charge in [-0.15, -0.1) is 0 Å². The van der Waals surface area contributed by atoms with E-state index in [9.17, 15) is 0 Å². The number of nitrogens with one attached hydrogen (secondary N) is 1. The van der Waals surface area contributed by atoms with Gasteiger partial charge < -0.3 is 5.32 Å². The van der Waals surface area contributed by atoms with Gasteiger partial charge >= 0.3 is 0 Å². The number of unbranched alkanes of at least 4 members (excludes halogenated alkanes) is 4. The largest absolute Gasteiger partial charge is 0.314 e. The fourth-order valence-electron chi connectivity index (χ4n) is 2.09. The maximum atomic E-state index is 3.69. The van der Waals surface area contributed by atoms with Gasteiger partial charge in [-0.3, -0.25) is 0 Å². The predicted molar refractivity (Wildman–Crippen MR) is 75.4 cm³/mol. The van der Waals surface area contributed by atoms with Gasteiger partial charge in [-0.05, 0) is 25.8 Å². The number of hydrogen-bond donors (Lipinski definition) is 1. The normalized spacial score (nSPS) is 19.6. The fraction of sp³-hybridized carbons (Fsp3) is 1.00. The molecule has 1 heterocycles. The molecule has 15 heavy (non-hydrogen) atoms. The van der Waals surface area contributed by atoms with Crippen molar-refractivity contribution in [3.8, 4) is 0 Å². The molecule has 0 aromatic carbocycles. The summed E-state index contributed by atoms with van der Waals surface area (Å²) in [4.78, 5) is 0. The Morgan fingerprint density at radius 3 is 2.47 bits per heavy atom. The smallest absolute Gasteiger partial charge is 0.0201 e. The van der Waals surface area contributed by atoms with Crippen LogP contribution in [-0.4, -0.2) is 28.8 Å². The van der Waals surface area contributed by atoms with Crippen molar-refractivity contribution in [3.05, 3.63) is 0 Å². The number of hydrogen-bond acceptors (Lipinski definition) is 2. The highest BCUT2D eigenvalue weighted by Crippen LogP contribution is 2.13. The molecule has 1 fully saturated rings. The second-order valence-corrected chi connectivity index (χ2v) is 5.92. The van der Waals surface area contributed by atoms with Crippen LogP contribution in [0.2, 0.25) is 0 Å². The summed E-state index contributed by atoms with van der Waals surface area (Å²) in [7, 11) is 0. The number of rotatable bonds is 7. The van der Waals surface area contributed by atoms with E-state index in [0.717, 1.165) is 6.04 Å². The van der Waals surface area contributed by atoms with Crippen LogP contribution in [0.1, 0.15) is 51.9 Å². The molecule has 0 unspecified atom stereocenters. The van der Waals surface area contributed by atoms with Crippen LogP contribution in [-0.2, 0) is 0 Å². The van der Waals surface area contributed by atoms with Crippen molar-refractivity contribution in [1.29, 1.82) is 0 Å². The third kappa shape index (κ3) is 6.74. The second-order valence-electron chi connectivity index (χ2n) is 4.55. The van der Waals surface area contributed by atoms with Gasteiger partial charge in [0.25, 0.3) is 0 Å². The average Bonchev–Trinajstić information content (AvgIpc) is 2.26. The van der Waals surface area contributed by atoms with E-state index < -0.39 is 0 Å². The number of piperidine rings is 1. The molecule has 1 aliphatic rings. The zero-order valence-corrected chi connectivity index (χ0v) is 12.1. The molecule has 1 rings (SSSR count). The summed E-state index contributed by atoms with van der Waals surface area (Å²) in [6, 6.07) is 0.794. The summed E-state index contributed by atoms with van der Waals surface area (Å²) in [6.07, 6.45) is 9.62. The van der Waals surface area contributed by atoms with Crippen molar-refractivity contribution < 1.29 is 0 Å². The molecule has 0 aliphatic carbocycles. The van der Waals surface area contributed by atoms with Crippen LogP contribution >= 0.6 is 22.9 Å². The van der Waals surface area contributed by atoms with Crippen LogP contribution in [0.3, 0.4) is 0 Å². The van der Waals surface area contributed by atoms with E-state index in [1.807, 2.05) is 0 Å². The van der Waals surface area contributed by atoms with Crippen LogP contribution < -0.4 is 5.32 Å². The van der Waals surface area contributed by atoms with Gasteiger partial charge in [0, 0.05) is 42.0 Å². The minimum Gasteiger partial charge on any atom is -0.314 e. The molecule has 1 saturated heterocycles. The summed E-state index contributed by atoms with van der Waals surface area (Å²) in [5, 5.41) is 3.69. The lowest BCUT2D eigenvalue weighted by atomic mass is 10.1. The minimum absolute atomic E-state index is 0.794. The first-order chi connectivity index (χ1) is 7.33. The van der Waals surface area contributed by atoms with E-state index >= 15 is 0 Å². The molecule has 3 heteroatoms. The number of nitrogens with zero attached hydrogens (tertiary/aromatic N) is 1. The summed E-state index contributed by atoms with van der Waals surface area (Å²) in [5.74, 6) is 0. The molecular formula is C12H25IN2. The van der Waals surface area contributed by atoms with E-state index in [-0.39, 0.29) is 0 Å². The van der Waals surface area contributed by atoms with Crippen molar-refractivity contribution in [2.45, 2.75) is 57.9 Å². The first-order valence-corrected chi connectivity index (χ1v) is 7.43. The van der Waals surface area contributed by atoms with E-state index in [0.29, 0.717) is 0 Å². The van der Waals surface area contributed by atoms with E-state index in [4.69, 9.17) is 0 Å². The molecule has 90 valence electrons. The van der Waals surface area contributed by atoms with Gasteiger partial charge in [-0.1, -0.05) is 32.6 Å². The Kier molecular flexibility index (Phi) is 8.01. The lowest BCUT2D eigenvalue weighted by Gasteiger charge is -2.28. The highest BCUT2D eigenvalue weighted by atomic mass is 127. The Labute approximate surface area is 109 Å². The van der Waals surface area contributed by atoms with E-state index in [1.54, 1.807) is 0 Å². The van der Waals surface area contributed by atoms with E-state index in [2.05, 4.69) is 38.2 Å². The molecule has 0 saturated carbocycles. The molecule has 0 atom stereocenters. The quantitative estimate of drug-likeness (QED) is 0.439. The molecule has 1 N–H and O–H groups in total. The Hall–Kier alpha value is 0.650. The monoisotopic (exact) mass is 324 g/mol. The fourth-order valence-corrected chi connectivity index (χ4v) is 2.64. The number of halogens is 1. The minimum atomic E-state index is 0.794. The molecule has 0 aromatic rings. The predicted octanol–water partition coefficient (Wildman–Crippen LogP) is 3.36. The zero-order valence-electron chi connectivity index (χ0n) is 9.97. The highest BCUT2D eigenvalue weighted by Gasteiger charge is 2.15. The van der Waals surface area contributed by atoms with Gasteiger partial charge in [-0.2, -0.15) is 0 Å².